The van der Waals surface area contributed by atoms with Crippen LogP contribution in [0.4, 0.5) is 5.69 Å². The van der Waals surface area contributed by atoms with Crippen LogP contribution in [0.2, 0.25) is 0 Å². The van der Waals surface area contributed by atoms with E-state index in [0.717, 1.165) is 48.3 Å². The number of amides is 2. The van der Waals surface area contributed by atoms with Crippen LogP contribution in [0.3, 0.4) is 0 Å². The average Bonchev–Trinajstić information content (AvgIpc) is 3.22. The summed E-state index contributed by atoms with van der Waals surface area (Å²) in [6, 6.07) is 10.5. The second-order valence-electron chi connectivity index (χ2n) is 10.7. The number of fused-ring (bicyclic) bond motifs is 1. The zero-order valence-corrected chi connectivity index (χ0v) is 23.9. The molecule has 2 saturated heterocycles. The van der Waals surface area contributed by atoms with E-state index in [1.54, 1.807) is 49.6 Å². The second-order valence-corrected chi connectivity index (χ2v) is 10.7. The number of likely N-dealkylation sites (tertiary alicyclic amines) is 1. The number of ether oxygens (including phenoxy) is 3. The Morgan fingerprint density at radius 2 is 1.60 bits per heavy atom. The van der Waals surface area contributed by atoms with Gasteiger partial charge in [0.1, 0.15) is 11.8 Å². The van der Waals surface area contributed by atoms with Gasteiger partial charge in [0.2, 0.25) is 5.91 Å². The van der Waals surface area contributed by atoms with Crippen LogP contribution in [0.1, 0.15) is 42.9 Å². The van der Waals surface area contributed by atoms with Gasteiger partial charge in [0.15, 0.2) is 6.29 Å². The van der Waals surface area contributed by atoms with E-state index >= 15 is 0 Å². The maximum atomic E-state index is 13.8. The SMILES string of the molecule is COc1ccc(CN2C(=O)CCC(n3c(=O)n(C)c4c(N5CCC(C(OC)OC)CC5)c(C)ccc43)C2=O)cc1. The third-order valence-corrected chi connectivity index (χ3v) is 8.42. The van der Waals surface area contributed by atoms with E-state index in [4.69, 9.17) is 14.2 Å². The van der Waals surface area contributed by atoms with Crippen LogP contribution in [0.15, 0.2) is 41.2 Å². The van der Waals surface area contributed by atoms with Crippen LogP contribution < -0.4 is 15.3 Å². The molecule has 1 atom stereocenters. The molecule has 2 aliphatic heterocycles. The largest absolute Gasteiger partial charge is 0.497 e. The first-order valence-electron chi connectivity index (χ1n) is 13.8. The van der Waals surface area contributed by atoms with Crippen LogP contribution >= 0.6 is 0 Å². The summed E-state index contributed by atoms with van der Waals surface area (Å²) in [5.41, 5.74) is 4.16. The van der Waals surface area contributed by atoms with Gasteiger partial charge in [0.05, 0.1) is 30.4 Å². The Morgan fingerprint density at radius 1 is 0.925 bits per heavy atom. The number of aryl methyl sites for hydroxylation is 2. The van der Waals surface area contributed by atoms with Crippen molar-refractivity contribution >= 4 is 28.5 Å². The predicted octanol–water partition coefficient (Wildman–Crippen LogP) is 3.38. The van der Waals surface area contributed by atoms with Gasteiger partial charge in [0, 0.05) is 46.7 Å². The van der Waals surface area contributed by atoms with E-state index < -0.39 is 6.04 Å². The number of hydrogen-bond donors (Lipinski definition) is 0. The Kier molecular flexibility index (Phi) is 8.00. The molecular weight excluding hydrogens is 512 g/mol. The number of rotatable bonds is 8. The number of aromatic nitrogens is 2. The molecule has 5 rings (SSSR count). The van der Waals surface area contributed by atoms with Gasteiger partial charge < -0.3 is 19.1 Å². The highest BCUT2D eigenvalue weighted by atomic mass is 16.7. The van der Waals surface area contributed by atoms with E-state index in [1.165, 1.54) is 4.90 Å². The van der Waals surface area contributed by atoms with E-state index in [-0.39, 0.29) is 36.8 Å². The monoisotopic (exact) mass is 550 g/mol. The molecule has 2 fully saturated rings. The van der Waals surface area contributed by atoms with Gasteiger partial charge in [-0.05, 0) is 55.5 Å². The molecule has 2 aliphatic rings. The molecule has 0 N–H and O–H groups in total. The Bertz CT molecular complexity index is 1450. The van der Waals surface area contributed by atoms with Crippen molar-refractivity contribution in [2.75, 3.05) is 39.3 Å². The summed E-state index contributed by atoms with van der Waals surface area (Å²) in [7, 11) is 6.69. The maximum absolute atomic E-state index is 13.8. The number of imidazole rings is 1. The van der Waals surface area contributed by atoms with Crippen molar-refractivity contribution in [1.82, 2.24) is 14.0 Å². The summed E-state index contributed by atoms with van der Waals surface area (Å²) in [5, 5.41) is 0. The third kappa shape index (κ3) is 4.90. The summed E-state index contributed by atoms with van der Waals surface area (Å²) < 4.78 is 19.5. The smallest absolute Gasteiger partial charge is 0.329 e. The van der Waals surface area contributed by atoms with Crippen LogP contribution in [-0.4, -0.2) is 66.6 Å². The Hall–Kier alpha value is -3.63. The van der Waals surface area contributed by atoms with E-state index in [2.05, 4.69) is 11.8 Å². The van der Waals surface area contributed by atoms with Crippen molar-refractivity contribution in [1.29, 1.82) is 0 Å². The van der Waals surface area contributed by atoms with Crippen LogP contribution in [-0.2, 0) is 32.7 Å². The summed E-state index contributed by atoms with van der Waals surface area (Å²) >= 11 is 0. The van der Waals surface area contributed by atoms with Crippen LogP contribution in [0.25, 0.3) is 11.0 Å². The summed E-state index contributed by atoms with van der Waals surface area (Å²) in [4.78, 5) is 43.9. The number of benzene rings is 2. The number of hydrogen-bond acceptors (Lipinski definition) is 7. The van der Waals surface area contributed by atoms with Crippen molar-refractivity contribution in [2.45, 2.75) is 51.5 Å². The summed E-state index contributed by atoms with van der Waals surface area (Å²) in [6.07, 6.45) is 2.06. The topological polar surface area (TPSA) is 95.2 Å². The van der Waals surface area contributed by atoms with Gasteiger partial charge in [-0.15, -0.1) is 0 Å². The lowest BCUT2D eigenvalue weighted by atomic mass is 9.95. The molecule has 0 radical (unpaired) electrons. The van der Waals surface area contributed by atoms with Crippen molar-refractivity contribution in [2.24, 2.45) is 13.0 Å². The lowest BCUT2D eigenvalue weighted by molar-refractivity contribution is -0.151. The second kappa shape index (κ2) is 11.5. The zero-order chi connectivity index (χ0) is 28.6. The van der Waals surface area contributed by atoms with E-state index in [9.17, 15) is 14.4 Å². The minimum Gasteiger partial charge on any atom is -0.497 e. The van der Waals surface area contributed by atoms with Gasteiger partial charge in [-0.25, -0.2) is 4.79 Å². The molecule has 1 aromatic heterocycles. The normalized spacial score (nSPS) is 18.8. The lowest BCUT2D eigenvalue weighted by Gasteiger charge is -2.37. The zero-order valence-electron chi connectivity index (χ0n) is 23.9. The van der Waals surface area contributed by atoms with Crippen molar-refractivity contribution in [3.63, 3.8) is 0 Å². The molecule has 3 heterocycles. The average molecular weight is 551 g/mol. The quantitative estimate of drug-likeness (QED) is 0.314. The molecule has 0 saturated carbocycles. The number of imide groups is 1. The first kappa shape index (κ1) is 27.9. The number of piperidine rings is 2. The molecule has 40 heavy (non-hydrogen) atoms. The molecule has 10 nitrogen and oxygen atoms in total. The molecule has 0 aliphatic carbocycles. The minimum atomic E-state index is -0.752. The first-order valence-corrected chi connectivity index (χ1v) is 13.8. The molecule has 214 valence electrons. The predicted molar refractivity (Wildman–Crippen MR) is 151 cm³/mol. The highest BCUT2D eigenvalue weighted by molar-refractivity contribution is 6.01. The number of carbonyl (C=O) groups excluding carboxylic acids is 2. The summed E-state index contributed by atoms with van der Waals surface area (Å²) in [6.45, 7) is 3.82. The number of methoxy groups -OCH3 is 3. The number of nitrogens with zero attached hydrogens (tertiary/aromatic N) is 4. The molecule has 0 bridgehead atoms. The third-order valence-electron chi connectivity index (χ3n) is 8.42. The molecule has 10 heteroatoms. The maximum Gasteiger partial charge on any atom is 0.329 e. The number of carbonyl (C=O) groups is 2. The standard InChI is InChI=1S/C30H38N4O6/c1-19-6-11-23-27(26(19)32-16-14-21(15-17-32)29(39-4)40-5)31(2)30(37)34(23)24-12-13-25(35)33(28(24)36)18-20-7-9-22(38-3)10-8-20/h6-11,21,24,29H,12-18H2,1-5H3. The fourth-order valence-corrected chi connectivity index (χ4v) is 6.27. The Balaban J connectivity index is 1.47. The minimum absolute atomic E-state index is 0.154. The van der Waals surface area contributed by atoms with Crippen LogP contribution in [0, 0.1) is 12.8 Å². The van der Waals surface area contributed by atoms with E-state index in [1.807, 2.05) is 24.3 Å². The molecule has 1 unspecified atom stereocenters. The fourth-order valence-electron chi connectivity index (χ4n) is 6.27. The van der Waals surface area contributed by atoms with Gasteiger partial charge in [-0.2, -0.15) is 0 Å². The van der Waals surface area contributed by atoms with Gasteiger partial charge in [-0.3, -0.25) is 23.6 Å². The first-order chi connectivity index (χ1) is 19.3. The lowest BCUT2D eigenvalue weighted by Crippen LogP contribution is -2.47. The van der Waals surface area contributed by atoms with Crippen molar-refractivity contribution in [3.8, 4) is 5.75 Å². The van der Waals surface area contributed by atoms with Crippen LogP contribution in [0.5, 0.6) is 5.75 Å². The van der Waals surface area contributed by atoms with Gasteiger partial charge >= 0.3 is 5.69 Å². The fraction of sp³-hybridized carbons (Fsp3) is 0.500. The van der Waals surface area contributed by atoms with Crippen molar-refractivity contribution < 1.29 is 23.8 Å². The molecule has 0 spiro atoms. The van der Waals surface area contributed by atoms with E-state index in [0.29, 0.717) is 23.6 Å². The Labute approximate surface area is 234 Å². The highest BCUT2D eigenvalue weighted by Gasteiger charge is 2.38. The molecule has 2 aromatic carbocycles. The molecule has 2 amide bonds. The number of anilines is 1. The van der Waals surface area contributed by atoms with Gasteiger partial charge in [-0.1, -0.05) is 18.2 Å². The molecule has 3 aromatic rings. The highest BCUT2D eigenvalue weighted by Crippen LogP contribution is 2.36. The van der Waals surface area contributed by atoms with Crippen molar-refractivity contribution in [3.05, 3.63) is 58.0 Å². The Morgan fingerprint density at radius 3 is 2.23 bits per heavy atom. The van der Waals surface area contributed by atoms with Gasteiger partial charge in [0.25, 0.3) is 5.91 Å². The molecular formula is C30H38N4O6. The summed E-state index contributed by atoms with van der Waals surface area (Å²) in [5.74, 6) is 0.422.